The lowest BCUT2D eigenvalue weighted by atomic mass is 10.2. The Morgan fingerprint density at radius 1 is 1.07 bits per heavy atom. The molecule has 0 aliphatic rings. The number of aromatic nitrogens is 3. The van der Waals surface area contributed by atoms with Gasteiger partial charge in [0.2, 0.25) is 5.13 Å². The zero-order valence-corrected chi connectivity index (χ0v) is 15.8. The minimum Gasteiger partial charge on any atom is -0.293 e. The van der Waals surface area contributed by atoms with Gasteiger partial charge in [-0.1, -0.05) is 41.9 Å². The van der Waals surface area contributed by atoms with Crippen LogP contribution in [-0.4, -0.2) is 14.8 Å². The molecule has 2 aromatic carbocycles. The van der Waals surface area contributed by atoms with Crippen molar-refractivity contribution < 1.29 is 0 Å². The minimum absolute atomic E-state index is 0.253. The van der Waals surface area contributed by atoms with Crippen molar-refractivity contribution in [3.63, 3.8) is 0 Å². The summed E-state index contributed by atoms with van der Waals surface area (Å²) in [6.07, 6.45) is 0. The van der Waals surface area contributed by atoms with E-state index in [-0.39, 0.29) is 11.2 Å². The molecule has 4 rings (SSSR count). The van der Waals surface area contributed by atoms with Crippen LogP contribution in [0.4, 0.5) is 10.8 Å². The van der Waals surface area contributed by atoms with E-state index in [4.69, 9.17) is 11.6 Å². The Morgan fingerprint density at radius 2 is 1.81 bits per heavy atom. The van der Waals surface area contributed by atoms with Crippen molar-refractivity contribution in [3.8, 4) is 16.9 Å². The molecule has 6 nitrogen and oxygen atoms in total. The molecular weight excluding hydrogens is 382 g/mol. The van der Waals surface area contributed by atoms with Gasteiger partial charge in [0.05, 0.1) is 17.1 Å². The summed E-state index contributed by atoms with van der Waals surface area (Å²) in [7, 11) is 0. The number of thiazole rings is 1. The lowest BCUT2D eigenvalue weighted by Gasteiger charge is -1.99. The van der Waals surface area contributed by atoms with E-state index in [1.165, 1.54) is 16.0 Å². The molecule has 0 spiro atoms. The van der Waals surface area contributed by atoms with Gasteiger partial charge in [0.1, 0.15) is 0 Å². The maximum absolute atomic E-state index is 12.6. The second-order valence-electron chi connectivity index (χ2n) is 5.78. The zero-order valence-electron chi connectivity index (χ0n) is 14.3. The van der Waals surface area contributed by atoms with Gasteiger partial charge in [-0.05, 0) is 31.2 Å². The van der Waals surface area contributed by atoms with E-state index in [1.54, 1.807) is 6.92 Å². The van der Waals surface area contributed by atoms with Crippen molar-refractivity contribution in [2.75, 3.05) is 0 Å². The quantitative estimate of drug-likeness (QED) is 0.452. The summed E-state index contributed by atoms with van der Waals surface area (Å²) in [5.74, 6) is 0. The Kier molecular flexibility index (Phi) is 4.70. The van der Waals surface area contributed by atoms with Gasteiger partial charge in [-0.3, -0.25) is 9.89 Å². The molecular formula is C19H14ClN5OS. The first-order chi connectivity index (χ1) is 13.1. The predicted octanol–water partition coefficient (Wildman–Crippen LogP) is 5.67. The van der Waals surface area contributed by atoms with Gasteiger partial charge in [0.25, 0.3) is 5.56 Å². The molecule has 134 valence electrons. The highest BCUT2D eigenvalue weighted by Crippen LogP contribution is 2.28. The Balaban J connectivity index is 1.62. The smallest absolute Gasteiger partial charge is 0.293 e. The van der Waals surface area contributed by atoms with Crippen molar-refractivity contribution in [2.45, 2.75) is 6.92 Å². The number of azo groups is 1. The highest BCUT2D eigenvalue weighted by atomic mass is 35.5. The third-order valence-corrected chi connectivity index (χ3v) is 4.90. The summed E-state index contributed by atoms with van der Waals surface area (Å²) < 4.78 is 1.45. The number of aryl methyl sites for hydroxylation is 1. The summed E-state index contributed by atoms with van der Waals surface area (Å²) in [5.41, 5.74) is 3.13. The summed E-state index contributed by atoms with van der Waals surface area (Å²) in [4.78, 5) is 17.1. The van der Waals surface area contributed by atoms with Crippen LogP contribution in [0.3, 0.4) is 0 Å². The van der Waals surface area contributed by atoms with Crippen LogP contribution >= 0.6 is 22.9 Å². The molecule has 0 unspecified atom stereocenters. The largest absolute Gasteiger partial charge is 0.299 e. The SMILES string of the molecule is Cc1[nH]n(-c2ccccc2)c(=O)c1N=Nc1nc(-c2ccc(Cl)cc2)cs1. The van der Waals surface area contributed by atoms with E-state index in [0.717, 1.165) is 16.9 Å². The molecule has 0 saturated carbocycles. The van der Waals surface area contributed by atoms with Crippen molar-refractivity contribution in [2.24, 2.45) is 10.2 Å². The van der Waals surface area contributed by atoms with Crippen molar-refractivity contribution in [1.82, 2.24) is 14.8 Å². The molecule has 4 aromatic rings. The number of H-pyrrole nitrogens is 1. The summed E-state index contributed by atoms with van der Waals surface area (Å²) >= 11 is 7.27. The van der Waals surface area contributed by atoms with Gasteiger partial charge in [-0.25, -0.2) is 9.67 Å². The van der Waals surface area contributed by atoms with Gasteiger partial charge < -0.3 is 0 Å². The van der Waals surface area contributed by atoms with E-state index in [9.17, 15) is 4.79 Å². The maximum atomic E-state index is 12.6. The van der Waals surface area contributed by atoms with Gasteiger partial charge in [0.15, 0.2) is 5.69 Å². The Hall–Kier alpha value is -3.03. The number of halogens is 1. The number of nitrogens with zero attached hydrogens (tertiary/aromatic N) is 4. The van der Waals surface area contributed by atoms with Gasteiger partial charge in [-0.15, -0.1) is 21.6 Å². The van der Waals surface area contributed by atoms with Crippen LogP contribution in [0.1, 0.15) is 5.69 Å². The highest BCUT2D eigenvalue weighted by molar-refractivity contribution is 7.13. The number of hydrogen-bond donors (Lipinski definition) is 1. The molecule has 8 heteroatoms. The molecule has 0 amide bonds. The Labute approximate surface area is 163 Å². The third-order valence-electron chi connectivity index (χ3n) is 3.92. The molecule has 1 N–H and O–H groups in total. The molecule has 2 heterocycles. The van der Waals surface area contributed by atoms with Crippen LogP contribution in [0.25, 0.3) is 16.9 Å². The first kappa shape index (κ1) is 17.4. The van der Waals surface area contributed by atoms with Crippen molar-refractivity contribution >= 4 is 33.8 Å². The molecule has 0 bridgehead atoms. The number of para-hydroxylation sites is 1. The molecule has 0 aliphatic carbocycles. The molecule has 27 heavy (non-hydrogen) atoms. The maximum Gasteiger partial charge on any atom is 0.299 e. The van der Waals surface area contributed by atoms with Crippen LogP contribution in [0.2, 0.25) is 5.02 Å². The molecule has 2 aromatic heterocycles. The number of rotatable bonds is 4. The summed E-state index contributed by atoms with van der Waals surface area (Å²) in [5, 5.41) is 14.3. The molecule has 0 saturated heterocycles. The first-order valence-electron chi connectivity index (χ1n) is 8.12. The Morgan fingerprint density at radius 3 is 2.56 bits per heavy atom. The molecule has 0 radical (unpaired) electrons. The minimum atomic E-state index is -0.253. The number of nitrogens with one attached hydrogen (secondary N) is 1. The second-order valence-corrected chi connectivity index (χ2v) is 7.06. The van der Waals surface area contributed by atoms with Crippen LogP contribution in [0.5, 0.6) is 0 Å². The first-order valence-corrected chi connectivity index (χ1v) is 9.38. The van der Waals surface area contributed by atoms with E-state index in [2.05, 4.69) is 20.3 Å². The zero-order chi connectivity index (χ0) is 18.8. The molecule has 0 aliphatic heterocycles. The van der Waals surface area contributed by atoms with Gasteiger partial charge >= 0.3 is 0 Å². The van der Waals surface area contributed by atoms with Crippen LogP contribution in [0.15, 0.2) is 75.0 Å². The van der Waals surface area contributed by atoms with Gasteiger partial charge in [0, 0.05) is 16.0 Å². The van der Waals surface area contributed by atoms with E-state index in [0.29, 0.717) is 15.8 Å². The number of benzene rings is 2. The average Bonchev–Trinajstić information content (AvgIpc) is 3.26. The van der Waals surface area contributed by atoms with E-state index in [1.807, 2.05) is 60.0 Å². The fourth-order valence-corrected chi connectivity index (χ4v) is 3.34. The monoisotopic (exact) mass is 395 g/mol. The average molecular weight is 396 g/mol. The fourth-order valence-electron chi connectivity index (χ4n) is 2.57. The summed E-state index contributed by atoms with van der Waals surface area (Å²) in [6.45, 7) is 1.79. The van der Waals surface area contributed by atoms with Gasteiger partial charge in [-0.2, -0.15) is 0 Å². The molecule has 0 atom stereocenters. The van der Waals surface area contributed by atoms with Crippen molar-refractivity contribution in [1.29, 1.82) is 0 Å². The van der Waals surface area contributed by atoms with Crippen LogP contribution < -0.4 is 5.56 Å². The number of hydrogen-bond acceptors (Lipinski definition) is 5. The lowest BCUT2D eigenvalue weighted by Crippen LogP contribution is -2.13. The van der Waals surface area contributed by atoms with Crippen LogP contribution in [-0.2, 0) is 0 Å². The molecule has 0 fully saturated rings. The predicted molar refractivity (Wildman–Crippen MR) is 108 cm³/mol. The third kappa shape index (κ3) is 3.60. The lowest BCUT2D eigenvalue weighted by molar-refractivity contribution is 0.835. The van der Waals surface area contributed by atoms with Crippen molar-refractivity contribution in [3.05, 3.63) is 81.0 Å². The topological polar surface area (TPSA) is 75.4 Å². The highest BCUT2D eigenvalue weighted by Gasteiger charge is 2.12. The number of aromatic amines is 1. The van der Waals surface area contributed by atoms with E-state index >= 15 is 0 Å². The van der Waals surface area contributed by atoms with Crippen LogP contribution in [0, 0.1) is 6.92 Å². The second kappa shape index (κ2) is 7.30. The van der Waals surface area contributed by atoms with E-state index < -0.39 is 0 Å². The Bertz CT molecular complexity index is 1160. The fraction of sp³-hybridized carbons (Fsp3) is 0.0526. The standard InChI is InChI=1S/C19H14ClN5OS/c1-12-17(18(26)25(24-12)15-5-3-2-4-6-15)22-23-19-21-16(11-27-19)13-7-9-14(20)10-8-13/h2-11,24H,1H3. The summed E-state index contributed by atoms with van der Waals surface area (Å²) in [6, 6.07) is 16.7. The normalized spacial score (nSPS) is 11.3.